The lowest BCUT2D eigenvalue weighted by Crippen LogP contribution is -2.49. The van der Waals surface area contributed by atoms with Gasteiger partial charge >= 0.3 is 0 Å². The van der Waals surface area contributed by atoms with Crippen LogP contribution in [-0.4, -0.2) is 17.0 Å². The van der Waals surface area contributed by atoms with Gasteiger partial charge in [0.1, 0.15) is 0 Å². The number of hydrogen-bond donors (Lipinski definition) is 1. The molecule has 4 heteroatoms. The molecule has 3 heterocycles. The quantitative estimate of drug-likeness (QED) is 0.773. The molecule has 5 aliphatic rings. The molecule has 0 saturated carbocycles. The van der Waals surface area contributed by atoms with E-state index < -0.39 is 0 Å². The Kier molecular flexibility index (Phi) is 2.27. The van der Waals surface area contributed by atoms with E-state index in [1.165, 1.54) is 28.1 Å². The Morgan fingerprint density at radius 3 is 3.21 bits per heavy atom. The minimum absolute atomic E-state index is 0.220. The lowest BCUT2D eigenvalue weighted by molar-refractivity contribution is -0.117. The number of hydrogen-bond acceptors (Lipinski definition) is 3. The zero-order valence-electron chi connectivity index (χ0n) is 13.1. The third-order valence-electron chi connectivity index (χ3n) is 6.29. The van der Waals surface area contributed by atoms with Gasteiger partial charge in [-0.15, -0.1) is 11.8 Å². The Balaban J connectivity index is 1.72. The van der Waals surface area contributed by atoms with Crippen LogP contribution in [0.4, 0.5) is 0 Å². The van der Waals surface area contributed by atoms with Crippen LogP contribution in [0.1, 0.15) is 40.6 Å². The molecule has 3 aliphatic carbocycles. The number of thioether (sulfide) groups is 1. The molecule has 0 radical (unpaired) electrons. The van der Waals surface area contributed by atoms with Gasteiger partial charge in [-0.1, -0.05) is 18.2 Å². The van der Waals surface area contributed by atoms with Crippen molar-refractivity contribution in [3.8, 4) is 0 Å². The first-order chi connectivity index (χ1) is 11.8. The fourth-order valence-electron chi connectivity index (χ4n) is 5.25. The van der Waals surface area contributed by atoms with Crippen molar-refractivity contribution in [3.63, 3.8) is 0 Å². The molecule has 0 bridgehead atoms. The Morgan fingerprint density at radius 2 is 2.25 bits per heavy atom. The number of aliphatic imine (C=N–C) groups is 1. The molecule has 1 aromatic heterocycles. The van der Waals surface area contributed by atoms with Crippen molar-refractivity contribution in [2.75, 3.05) is 0 Å². The Labute approximate surface area is 144 Å². The number of fused-ring (bicyclic) bond motifs is 5. The second-order valence-electron chi connectivity index (χ2n) is 7.27. The van der Waals surface area contributed by atoms with Crippen LogP contribution in [0.2, 0.25) is 0 Å². The monoisotopic (exact) mass is 332 g/mol. The molecule has 0 fully saturated rings. The van der Waals surface area contributed by atoms with E-state index in [1.54, 1.807) is 6.08 Å². The molecular weight excluding hydrogens is 316 g/mol. The maximum absolute atomic E-state index is 12.3. The van der Waals surface area contributed by atoms with E-state index in [0.717, 1.165) is 12.8 Å². The standard InChI is InChI=1S/C20H16N2OS/c23-12-5-6-20-11-21-10-14(20)16-13-3-1-2-4-15(13)22-17(16)18-19(20,9-12)7-8-24-18/h2,4-8,10-11,18,22H,1,3,9H2. The molecule has 3 atom stereocenters. The van der Waals surface area contributed by atoms with Gasteiger partial charge in [0.2, 0.25) is 0 Å². The van der Waals surface area contributed by atoms with Crippen LogP contribution in [-0.2, 0) is 11.2 Å². The van der Waals surface area contributed by atoms with Crippen LogP contribution in [0.15, 0.2) is 40.9 Å². The summed E-state index contributed by atoms with van der Waals surface area (Å²) in [6.07, 6.45) is 17.4. The molecule has 1 N–H and O–H groups in total. The number of nitrogens with one attached hydrogen (secondary N) is 1. The first-order valence-electron chi connectivity index (χ1n) is 8.47. The zero-order valence-corrected chi connectivity index (χ0v) is 13.9. The van der Waals surface area contributed by atoms with Gasteiger partial charge in [0.25, 0.3) is 0 Å². The average Bonchev–Trinajstić information content (AvgIpc) is 3.26. The second-order valence-corrected chi connectivity index (χ2v) is 8.29. The minimum atomic E-state index is -0.268. The minimum Gasteiger partial charge on any atom is -0.357 e. The van der Waals surface area contributed by atoms with Crippen LogP contribution in [0.5, 0.6) is 0 Å². The molecular formula is C20H16N2OS. The van der Waals surface area contributed by atoms with Crippen molar-refractivity contribution < 1.29 is 4.79 Å². The van der Waals surface area contributed by atoms with Crippen molar-refractivity contribution in [1.29, 1.82) is 0 Å². The number of allylic oxidation sites excluding steroid dienone is 5. The Bertz CT molecular complexity index is 961. The van der Waals surface area contributed by atoms with E-state index in [9.17, 15) is 4.79 Å². The van der Waals surface area contributed by atoms with Gasteiger partial charge in [-0.2, -0.15) is 0 Å². The number of H-pyrrole nitrogens is 1. The average molecular weight is 332 g/mol. The van der Waals surface area contributed by atoms with Gasteiger partial charge in [-0.05, 0) is 41.5 Å². The van der Waals surface area contributed by atoms with E-state index in [1.807, 2.05) is 18.0 Å². The van der Waals surface area contributed by atoms with Crippen LogP contribution in [0.3, 0.4) is 0 Å². The maximum Gasteiger partial charge on any atom is 0.156 e. The summed E-state index contributed by atoms with van der Waals surface area (Å²) < 4.78 is 0. The predicted octanol–water partition coefficient (Wildman–Crippen LogP) is 4.22. The van der Waals surface area contributed by atoms with Crippen molar-refractivity contribution in [2.45, 2.75) is 24.5 Å². The highest BCUT2D eigenvalue weighted by molar-refractivity contribution is 8.02. The largest absolute Gasteiger partial charge is 0.357 e. The Hall–Kier alpha value is -2.07. The predicted molar refractivity (Wildman–Crippen MR) is 97.7 cm³/mol. The molecule has 1 aromatic rings. The number of aromatic nitrogens is 1. The molecule has 0 amide bonds. The number of nitrogens with zero attached hydrogens (tertiary/aromatic N) is 1. The zero-order chi connectivity index (χ0) is 15.9. The molecule has 3 unspecified atom stereocenters. The number of rotatable bonds is 0. The lowest BCUT2D eigenvalue weighted by Gasteiger charge is -2.52. The van der Waals surface area contributed by atoms with Gasteiger partial charge in [0.15, 0.2) is 5.78 Å². The summed E-state index contributed by atoms with van der Waals surface area (Å²) in [6.45, 7) is 0. The van der Waals surface area contributed by atoms with Crippen LogP contribution >= 0.6 is 11.8 Å². The highest BCUT2D eigenvalue weighted by atomic mass is 32.2. The summed E-state index contributed by atoms with van der Waals surface area (Å²) in [7, 11) is 0. The second kappa shape index (κ2) is 4.12. The molecule has 118 valence electrons. The van der Waals surface area contributed by atoms with Crippen molar-refractivity contribution in [1.82, 2.24) is 4.98 Å². The number of carbonyl (C=O) groups excluding carboxylic acids is 1. The molecule has 24 heavy (non-hydrogen) atoms. The summed E-state index contributed by atoms with van der Waals surface area (Å²) >= 11 is 1.84. The van der Waals surface area contributed by atoms with Crippen molar-refractivity contribution in [3.05, 3.63) is 58.4 Å². The van der Waals surface area contributed by atoms with Crippen molar-refractivity contribution >= 4 is 35.4 Å². The highest BCUT2D eigenvalue weighted by Crippen LogP contribution is 2.71. The fraction of sp³-hybridized carbons (Fsp3) is 0.300. The van der Waals surface area contributed by atoms with Gasteiger partial charge in [-0.3, -0.25) is 9.79 Å². The van der Waals surface area contributed by atoms with Gasteiger partial charge in [0, 0.05) is 41.2 Å². The maximum atomic E-state index is 12.3. The number of carbonyl (C=O) groups is 1. The first-order valence-corrected chi connectivity index (χ1v) is 9.41. The van der Waals surface area contributed by atoms with E-state index in [-0.39, 0.29) is 21.9 Å². The van der Waals surface area contributed by atoms with E-state index in [2.05, 4.69) is 45.9 Å². The molecule has 3 nitrogen and oxygen atoms in total. The summed E-state index contributed by atoms with van der Waals surface area (Å²) in [5.74, 6) is 0.220. The third kappa shape index (κ3) is 1.27. The van der Waals surface area contributed by atoms with Gasteiger partial charge in [-0.25, -0.2) is 0 Å². The van der Waals surface area contributed by atoms with E-state index >= 15 is 0 Å². The molecule has 2 spiro atoms. The van der Waals surface area contributed by atoms with Crippen LogP contribution in [0.25, 0.3) is 11.6 Å². The van der Waals surface area contributed by atoms with Crippen molar-refractivity contribution in [2.24, 2.45) is 15.8 Å². The number of aromatic amines is 1. The smallest absolute Gasteiger partial charge is 0.156 e. The summed E-state index contributed by atoms with van der Waals surface area (Å²) in [4.78, 5) is 20.6. The van der Waals surface area contributed by atoms with Crippen LogP contribution in [0, 0.1) is 10.8 Å². The first kappa shape index (κ1) is 13.2. The fourth-order valence-corrected chi connectivity index (χ4v) is 6.64. The number of ketones is 1. The molecule has 0 aromatic carbocycles. The third-order valence-corrected chi connectivity index (χ3v) is 7.51. The molecule has 6 rings (SSSR count). The summed E-state index contributed by atoms with van der Waals surface area (Å²) in [5, 5.41) is 2.44. The molecule has 0 saturated heterocycles. The highest BCUT2D eigenvalue weighted by Gasteiger charge is 2.64. The van der Waals surface area contributed by atoms with Gasteiger partial charge < -0.3 is 4.98 Å². The summed E-state index contributed by atoms with van der Waals surface area (Å²) in [5.41, 5.74) is 6.10. The van der Waals surface area contributed by atoms with Crippen LogP contribution < -0.4 is 0 Å². The normalized spacial score (nSPS) is 36.9. The lowest BCUT2D eigenvalue weighted by atomic mass is 9.50. The Morgan fingerprint density at radius 1 is 1.29 bits per heavy atom. The van der Waals surface area contributed by atoms with Gasteiger partial charge in [0.05, 0.1) is 10.7 Å². The van der Waals surface area contributed by atoms with E-state index in [4.69, 9.17) is 0 Å². The molecule has 2 aliphatic heterocycles. The van der Waals surface area contributed by atoms with E-state index in [0.29, 0.717) is 6.42 Å². The topological polar surface area (TPSA) is 45.2 Å². The summed E-state index contributed by atoms with van der Waals surface area (Å²) in [6, 6.07) is 0. The SMILES string of the molecule is O=C1C=CC23C=NC=C2c2c([nH]c4c2CCC=C4)C2SC=CC23C1.